The zero-order valence-corrected chi connectivity index (χ0v) is 61.1. The van der Waals surface area contributed by atoms with E-state index < -0.39 is 97.5 Å². The summed E-state index contributed by atoms with van der Waals surface area (Å²) in [7, 11) is -9.90. The Balaban J connectivity index is 5.26. The van der Waals surface area contributed by atoms with Gasteiger partial charge in [0.05, 0.1) is 26.4 Å². The molecule has 0 aliphatic rings. The number of aliphatic hydroxyl groups excluding tert-OH is 1. The lowest BCUT2D eigenvalue weighted by atomic mass is 10.0. The number of esters is 4. The molecular weight excluding hydrogens is 1200 g/mol. The zero-order valence-electron chi connectivity index (χ0n) is 59.3. The molecule has 0 heterocycles. The zero-order chi connectivity index (χ0) is 67.3. The minimum Gasteiger partial charge on any atom is -0.462 e. The van der Waals surface area contributed by atoms with E-state index in [-0.39, 0.29) is 25.7 Å². The fourth-order valence-corrected chi connectivity index (χ4v) is 12.5. The molecule has 0 rings (SSSR count). The second-order valence-corrected chi connectivity index (χ2v) is 30.3. The van der Waals surface area contributed by atoms with Crippen LogP contribution in [0.1, 0.15) is 363 Å². The van der Waals surface area contributed by atoms with E-state index in [1.54, 1.807) is 0 Å². The summed E-state index contributed by atoms with van der Waals surface area (Å²) in [6.45, 7) is 11.8. The van der Waals surface area contributed by atoms with E-state index in [0.717, 1.165) is 108 Å². The lowest BCUT2D eigenvalue weighted by Crippen LogP contribution is -2.30. The molecule has 0 aromatic rings. The number of unbranched alkanes of at least 4 members (excludes halogenated alkanes) is 38. The maximum Gasteiger partial charge on any atom is 0.472 e. The topological polar surface area (TPSA) is 237 Å². The number of ether oxygens (including phenoxy) is 4. The number of aliphatic hydroxyl groups is 1. The first-order chi connectivity index (χ1) is 43.7. The SMILES string of the molecule is CCCCCCCCCCCCCC(=O)OC[C@H](COP(=O)(O)OC[C@H](O)COP(=O)(O)OC[C@@H](COC(=O)CCCCCCCCCCCCCC(C)C)OC(=O)CCCCCCCCCCCCCC(C)C)OC(=O)CCCCCCCCCCCC(C)C. The summed E-state index contributed by atoms with van der Waals surface area (Å²) in [5.74, 6) is 0.150. The molecule has 540 valence electrons. The normalized spacial score (nSPS) is 14.2. The average molecular weight is 1340 g/mol. The van der Waals surface area contributed by atoms with Crippen LogP contribution in [0.2, 0.25) is 0 Å². The Morgan fingerprint density at radius 3 is 0.747 bits per heavy atom. The number of carbonyl (C=O) groups is 4. The summed E-state index contributed by atoms with van der Waals surface area (Å²) in [6.07, 6.45) is 47.1. The van der Waals surface area contributed by atoms with Gasteiger partial charge in [-0.05, 0) is 43.4 Å². The molecule has 91 heavy (non-hydrogen) atoms. The summed E-state index contributed by atoms with van der Waals surface area (Å²) in [5, 5.41) is 10.6. The van der Waals surface area contributed by atoms with Crippen LogP contribution >= 0.6 is 15.6 Å². The van der Waals surface area contributed by atoms with Crippen LogP contribution in [0.25, 0.3) is 0 Å². The van der Waals surface area contributed by atoms with Crippen LogP contribution in [-0.4, -0.2) is 96.7 Å². The van der Waals surface area contributed by atoms with Crippen molar-refractivity contribution in [1.29, 1.82) is 0 Å². The number of hydrogen-bond acceptors (Lipinski definition) is 15. The van der Waals surface area contributed by atoms with Crippen LogP contribution in [0.5, 0.6) is 0 Å². The summed E-state index contributed by atoms with van der Waals surface area (Å²) in [6, 6.07) is 0. The van der Waals surface area contributed by atoms with Gasteiger partial charge in [0.1, 0.15) is 19.3 Å². The van der Waals surface area contributed by atoms with Gasteiger partial charge in [0, 0.05) is 25.7 Å². The van der Waals surface area contributed by atoms with E-state index in [4.69, 9.17) is 37.0 Å². The standard InChI is InChI=1S/C72H140O17P2/c1-8-9-10-11-12-13-16-25-32-39-46-53-69(74)82-60-68(89-72(77)56-49-42-35-28-21-24-31-38-45-52-65(6)7)62-87-91(80,81)85-58-66(73)57-84-90(78,79)86-61-67(88-71(76)55-48-41-34-27-20-15-18-23-30-37-44-51-64(4)5)59-83-70(75)54-47-40-33-26-19-14-17-22-29-36-43-50-63(2)3/h63-68,73H,8-62H2,1-7H3,(H,78,79)(H,80,81)/t66-,67-,68-/m1/s1. The molecular formula is C72H140O17P2. The molecule has 3 N–H and O–H groups in total. The van der Waals surface area contributed by atoms with Crippen LogP contribution in [-0.2, 0) is 65.4 Å². The first kappa shape index (κ1) is 89.1. The van der Waals surface area contributed by atoms with Crippen molar-refractivity contribution in [3.05, 3.63) is 0 Å². The Kier molecular flexibility index (Phi) is 61.5. The van der Waals surface area contributed by atoms with Gasteiger partial charge in [-0.15, -0.1) is 0 Å². The molecule has 0 aromatic heterocycles. The van der Waals surface area contributed by atoms with Gasteiger partial charge in [-0.1, -0.05) is 312 Å². The minimum absolute atomic E-state index is 0.105. The molecule has 0 radical (unpaired) electrons. The average Bonchev–Trinajstić information content (AvgIpc) is 3.26. The monoisotopic (exact) mass is 1340 g/mol. The maximum absolute atomic E-state index is 13.0. The predicted molar refractivity (Wildman–Crippen MR) is 368 cm³/mol. The molecule has 0 saturated heterocycles. The molecule has 0 aliphatic carbocycles. The quantitative estimate of drug-likeness (QED) is 0.0222. The molecule has 2 unspecified atom stereocenters. The molecule has 5 atom stereocenters. The smallest absolute Gasteiger partial charge is 0.462 e. The van der Waals surface area contributed by atoms with Crippen molar-refractivity contribution in [2.24, 2.45) is 17.8 Å². The summed E-state index contributed by atoms with van der Waals surface area (Å²) in [4.78, 5) is 72.6. The molecule has 0 bridgehead atoms. The number of rotatable bonds is 70. The lowest BCUT2D eigenvalue weighted by Gasteiger charge is -2.21. The highest BCUT2D eigenvalue weighted by Gasteiger charge is 2.30. The fourth-order valence-electron chi connectivity index (χ4n) is 10.9. The highest BCUT2D eigenvalue weighted by molar-refractivity contribution is 7.47. The molecule has 0 fully saturated rings. The van der Waals surface area contributed by atoms with Crippen molar-refractivity contribution in [3.63, 3.8) is 0 Å². The van der Waals surface area contributed by atoms with Crippen molar-refractivity contribution in [3.8, 4) is 0 Å². The first-order valence-corrected chi connectivity index (χ1v) is 40.3. The van der Waals surface area contributed by atoms with Gasteiger partial charge < -0.3 is 33.8 Å². The number of phosphoric ester groups is 2. The summed E-state index contributed by atoms with van der Waals surface area (Å²) >= 11 is 0. The predicted octanol–water partition coefficient (Wildman–Crippen LogP) is 20.6. The van der Waals surface area contributed by atoms with Crippen LogP contribution in [0.15, 0.2) is 0 Å². The Morgan fingerprint density at radius 2 is 0.505 bits per heavy atom. The number of phosphoric acid groups is 2. The highest BCUT2D eigenvalue weighted by atomic mass is 31.2. The van der Waals surface area contributed by atoms with E-state index in [1.165, 1.54) is 173 Å². The Labute approximate surface area is 556 Å². The van der Waals surface area contributed by atoms with Crippen molar-refractivity contribution >= 4 is 39.5 Å². The molecule has 19 heteroatoms. The van der Waals surface area contributed by atoms with E-state index in [2.05, 4.69) is 48.5 Å². The van der Waals surface area contributed by atoms with Crippen LogP contribution in [0, 0.1) is 17.8 Å². The van der Waals surface area contributed by atoms with E-state index in [1.807, 2.05) is 0 Å². The van der Waals surface area contributed by atoms with E-state index in [9.17, 15) is 43.2 Å². The third kappa shape index (κ3) is 66.5. The minimum atomic E-state index is -4.95. The van der Waals surface area contributed by atoms with Gasteiger partial charge in [-0.25, -0.2) is 9.13 Å². The lowest BCUT2D eigenvalue weighted by molar-refractivity contribution is -0.161. The van der Waals surface area contributed by atoms with Crippen molar-refractivity contribution in [2.75, 3.05) is 39.6 Å². The van der Waals surface area contributed by atoms with Gasteiger partial charge >= 0.3 is 39.5 Å². The van der Waals surface area contributed by atoms with Crippen LogP contribution in [0.3, 0.4) is 0 Å². The second-order valence-electron chi connectivity index (χ2n) is 27.4. The Hall–Kier alpha value is -1.94. The van der Waals surface area contributed by atoms with E-state index in [0.29, 0.717) is 25.7 Å². The van der Waals surface area contributed by atoms with Gasteiger partial charge in [0.15, 0.2) is 12.2 Å². The van der Waals surface area contributed by atoms with Crippen molar-refractivity contribution in [1.82, 2.24) is 0 Å². The highest BCUT2D eigenvalue weighted by Crippen LogP contribution is 2.45. The van der Waals surface area contributed by atoms with Gasteiger partial charge in [-0.3, -0.25) is 37.3 Å². The largest absolute Gasteiger partial charge is 0.472 e. The maximum atomic E-state index is 13.0. The van der Waals surface area contributed by atoms with Crippen molar-refractivity contribution in [2.45, 2.75) is 381 Å². The van der Waals surface area contributed by atoms with Crippen LogP contribution < -0.4 is 0 Å². The molecule has 0 saturated carbocycles. The molecule has 17 nitrogen and oxygen atoms in total. The number of carbonyl (C=O) groups excluding carboxylic acids is 4. The van der Waals surface area contributed by atoms with Crippen LogP contribution in [0.4, 0.5) is 0 Å². The van der Waals surface area contributed by atoms with Gasteiger partial charge in [-0.2, -0.15) is 0 Å². The first-order valence-electron chi connectivity index (χ1n) is 37.3. The third-order valence-corrected chi connectivity index (χ3v) is 18.5. The molecule has 0 aliphatic heterocycles. The fraction of sp³-hybridized carbons (Fsp3) is 0.944. The van der Waals surface area contributed by atoms with Gasteiger partial charge in [0.2, 0.25) is 0 Å². The van der Waals surface area contributed by atoms with E-state index >= 15 is 0 Å². The number of hydrogen-bond donors (Lipinski definition) is 3. The Morgan fingerprint density at radius 1 is 0.297 bits per heavy atom. The molecule has 0 aromatic carbocycles. The van der Waals surface area contributed by atoms with Crippen molar-refractivity contribution < 1.29 is 80.2 Å². The molecule has 0 spiro atoms. The third-order valence-electron chi connectivity index (χ3n) is 16.6. The summed E-state index contributed by atoms with van der Waals surface area (Å²) < 4.78 is 68.4. The Bertz CT molecular complexity index is 1780. The second kappa shape index (κ2) is 62.8. The molecule has 0 amide bonds. The summed E-state index contributed by atoms with van der Waals surface area (Å²) in [5.41, 5.74) is 0. The van der Waals surface area contributed by atoms with Gasteiger partial charge in [0.25, 0.3) is 0 Å².